The summed E-state index contributed by atoms with van der Waals surface area (Å²) < 4.78 is 10.0. The molecular formula is C12H15NO3. The minimum Gasteiger partial charge on any atom is -0.465 e. The number of hydrogen-bond donors (Lipinski definition) is 0. The van der Waals surface area contributed by atoms with Crippen molar-refractivity contribution >= 4 is 18.4 Å². The number of allylic oxidation sites excluding steroid dienone is 1. The number of furan rings is 1. The second-order valence-corrected chi connectivity index (χ2v) is 4.13. The third kappa shape index (κ3) is 5.14. The van der Waals surface area contributed by atoms with Crippen LogP contribution in [0.1, 0.15) is 26.5 Å². The molecule has 4 heteroatoms. The monoisotopic (exact) mass is 221 g/mol. The van der Waals surface area contributed by atoms with Gasteiger partial charge in [-0.25, -0.2) is 4.79 Å². The van der Waals surface area contributed by atoms with Gasteiger partial charge in [-0.15, -0.1) is 0 Å². The number of rotatable bonds is 2. The van der Waals surface area contributed by atoms with Crippen LogP contribution in [0, 0.1) is 0 Å². The minimum absolute atomic E-state index is 0.515. The quantitative estimate of drug-likeness (QED) is 0.720. The second-order valence-electron chi connectivity index (χ2n) is 4.13. The molecule has 1 heterocycles. The Labute approximate surface area is 94.6 Å². The first-order valence-electron chi connectivity index (χ1n) is 4.94. The van der Waals surface area contributed by atoms with Gasteiger partial charge in [0.15, 0.2) is 0 Å². The highest BCUT2D eigenvalue weighted by molar-refractivity contribution is 5.87. The van der Waals surface area contributed by atoms with Crippen LogP contribution in [0.2, 0.25) is 0 Å². The van der Waals surface area contributed by atoms with Gasteiger partial charge in [0.05, 0.1) is 6.26 Å². The van der Waals surface area contributed by atoms with Crippen LogP contribution in [0.25, 0.3) is 6.08 Å². The van der Waals surface area contributed by atoms with Gasteiger partial charge in [-0.2, -0.15) is 4.99 Å². The maximum Gasteiger partial charge on any atom is 0.434 e. The van der Waals surface area contributed by atoms with Crippen molar-refractivity contribution in [2.24, 2.45) is 4.99 Å². The summed E-state index contributed by atoms with van der Waals surface area (Å²) >= 11 is 0. The Bertz CT molecular complexity index is 383. The number of carbonyl (C=O) groups is 1. The standard InChI is InChI=1S/C12H15NO3/c1-12(2,3)16-11(14)13-8-4-6-10-7-5-9-15-10/h4-9H,1-3H3/b6-4+,13-8+. The van der Waals surface area contributed by atoms with Crippen LogP contribution < -0.4 is 0 Å². The number of carbonyl (C=O) groups excluding carboxylic acids is 1. The Hall–Kier alpha value is -1.84. The third-order valence-corrected chi connectivity index (χ3v) is 1.46. The van der Waals surface area contributed by atoms with Gasteiger partial charge in [0, 0.05) is 6.21 Å². The summed E-state index contributed by atoms with van der Waals surface area (Å²) in [4.78, 5) is 14.7. The zero-order chi connectivity index (χ0) is 12.0. The van der Waals surface area contributed by atoms with Crippen molar-refractivity contribution in [1.29, 1.82) is 0 Å². The smallest absolute Gasteiger partial charge is 0.434 e. The largest absolute Gasteiger partial charge is 0.465 e. The minimum atomic E-state index is -0.600. The fraction of sp³-hybridized carbons (Fsp3) is 0.333. The van der Waals surface area contributed by atoms with Crippen molar-refractivity contribution in [3.8, 4) is 0 Å². The first-order chi connectivity index (χ1) is 7.47. The van der Waals surface area contributed by atoms with Crippen LogP contribution in [-0.2, 0) is 4.74 Å². The molecule has 0 saturated heterocycles. The molecule has 0 aliphatic rings. The van der Waals surface area contributed by atoms with E-state index in [9.17, 15) is 4.79 Å². The molecule has 0 N–H and O–H groups in total. The molecule has 0 spiro atoms. The van der Waals surface area contributed by atoms with Gasteiger partial charge in [-0.1, -0.05) is 0 Å². The molecule has 1 amide bonds. The van der Waals surface area contributed by atoms with E-state index in [2.05, 4.69) is 4.99 Å². The molecule has 0 bridgehead atoms. The van der Waals surface area contributed by atoms with Crippen LogP contribution in [0.15, 0.2) is 33.9 Å². The number of nitrogens with zero attached hydrogens (tertiary/aromatic N) is 1. The van der Waals surface area contributed by atoms with E-state index in [1.807, 2.05) is 0 Å². The molecule has 0 radical (unpaired) electrons. The van der Waals surface area contributed by atoms with Crippen molar-refractivity contribution in [3.63, 3.8) is 0 Å². The second kappa shape index (κ2) is 5.30. The van der Waals surface area contributed by atoms with E-state index < -0.39 is 11.7 Å². The molecule has 1 aromatic rings. The maximum atomic E-state index is 11.1. The molecule has 0 aliphatic carbocycles. The first kappa shape index (κ1) is 12.2. The van der Waals surface area contributed by atoms with E-state index in [0.717, 1.165) is 0 Å². The summed E-state index contributed by atoms with van der Waals surface area (Å²) in [6, 6.07) is 3.59. The molecule has 0 aliphatic heterocycles. The molecule has 0 unspecified atom stereocenters. The van der Waals surface area contributed by atoms with Crippen LogP contribution in [0.3, 0.4) is 0 Å². The summed E-state index contributed by atoms with van der Waals surface area (Å²) in [6.45, 7) is 5.37. The number of amides is 1. The lowest BCUT2D eigenvalue weighted by Crippen LogP contribution is -2.21. The topological polar surface area (TPSA) is 51.8 Å². The molecular weight excluding hydrogens is 206 g/mol. The predicted octanol–water partition coefficient (Wildman–Crippen LogP) is 3.30. The lowest BCUT2D eigenvalue weighted by Gasteiger charge is -2.16. The van der Waals surface area contributed by atoms with E-state index in [0.29, 0.717) is 5.76 Å². The van der Waals surface area contributed by atoms with E-state index in [4.69, 9.17) is 9.15 Å². The Morgan fingerprint density at radius 2 is 2.25 bits per heavy atom. The number of ether oxygens (including phenoxy) is 1. The van der Waals surface area contributed by atoms with E-state index in [1.165, 1.54) is 6.21 Å². The van der Waals surface area contributed by atoms with Crippen LogP contribution in [-0.4, -0.2) is 17.9 Å². The lowest BCUT2D eigenvalue weighted by molar-refractivity contribution is 0.0605. The summed E-state index contributed by atoms with van der Waals surface area (Å²) in [5.74, 6) is 0.704. The molecule has 0 atom stereocenters. The Kier molecular flexibility index (Phi) is 4.05. The van der Waals surface area contributed by atoms with Crippen molar-refractivity contribution in [2.45, 2.75) is 26.4 Å². The van der Waals surface area contributed by atoms with Gasteiger partial charge in [-0.05, 0) is 45.1 Å². The fourth-order valence-electron chi connectivity index (χ4n) is 0.916. The summed E-state index contributed by atoms with van der Waals surface area (Å²) in [6.07, 6.45) is 5.66. The van der Waals surface area contributed by atoms with Crippen molar-refractivity contribution < 1.29 is 13.9 Å². The fourth-order valence-corrected chi connectivity index (χ4v) is 0.916. The van der Waals surface area contributed by atoms with Crippen LogP contribution in [0.5, 0.6) is 0 Å². The summed E-state index contributed by atoms with van der Waals surface area (Å²) in [5.41, 5.74) is -0.515. The molecule has 16 heavy (non-hydrogen) atoms. The molecule has 4 nitrogen and oxygen atoms in total. The SMILES string of the molecule is CC(C)(C)OC(=O)/N=C/C=C/c1ccco1. The van der Waals surface area contributed by atoms with Crippen LogP contribution >= 0.6 is 0 Å². The Balaban J connectivity index is 2.40. The van der Waals surface area contributed by atoms with Gasteiger partial charge in [0.1, 0.15) is 11.4 Å². The van der Waals surface area contributed by atoms with E-state index in [1.54, 1.807) is 51.3 Å². The maximum absolute atomic E-state index is 11.1. The highest BCUT2D eigenvalue weighted by Crippen LogP contribution is 2.07. The van der Waals surface area contributed by atoms with Crippen molar-refractivity contribution in [1.82, 2.24) is 0 Å². The Morgan fingerprint density at radius 3 is 2.81 bits per heavy atom. The average molecular weight is 221 g/mol. The van der Waals surface area contributed by atoms with E-state index in [-0.39, 0.29) is 0 Å². The molecule has 1 aromatic heterocycles. The molecule has 0 saturated carbocycles. The van der Waals surface area contributed by atoms with Gasteiger partial charge in [0.2, 0.25) is 0 Å². The molecule has 1 rings (SSSR count). The molecule has 0 fully saturated rings. The third-order valence-electron chi connectivity index (χ3n) is 1.46. The highest BCUT2D eigenvalue weighted by Gasteiger charge is 2.14. The molecule has 86 valence electrons. The normalized spacial score (nSPS) is 12.4. The van der Waals surface area contributed by atoms with Gasteiger partial charge in [-0.3, -0.25) is 0 Å². The zero-order valence-corrected chi connectivity index (χ0v) is 9.64. The predicted molar refractivity (Wildman–Crippen MR) is 62.5 cm³/mol. The van der Waals surface area contributed by atoms with Gasteiger partial charge < -0.3 is 9.15 Å². The van der Waals surface area contributed by atoms with Crippen molar-refractivity contribution in [3.05, 3.63) is 30.2 Å². The number of aliphatic imine (C=N–C) groups is 1. The first-order valence-corrected chi connectivity index (χ1v) is 4.94. The average Bonchev–Trinajstić information content (AvgIpc) is 2.62. The van der Waals surface area contributed by atoms with E-state index >= 15 is 0 Å². The van der Waals surface area contributed by atoms with Crippen LogP contribution in [0.4, 0.5) is 4.79 Å². The molecule has 0 aromatic carbocycles. The lowest BCUT2D eigenvalue weighted by atomic mass is 10.2. The zero-order valence-electron chi connectivity index (χ0n) is 9.64. The Morgan fingerprint density at radius 1 is 1.50 bits per heavy atom. The van der Waals surface area contributed by atoms with Gasteiger partial charge >= 0.3 is 6.09 Å². The van der Waals surface area contributed by atoms with Gasteiger partial charge in [0.25, 0.3) is 0 Å². The number of hydrogen-bond acceptors (Lipinski definition) is 3. The van der Waals surface area contributed by atoms with Crippen molar-refractivity contribution in [2.75, 3.05) is 0 Å². The summed E-state index contributed by atoms with van der Waals surface area (Å²) in [7, 11) is 0. The highest BCUT2D eigenvalue weighted by atomic mass is 16.6. The summed E-state index contributed by atoms with van der Waals surface area (Å²) in [5, 5.41) is 0.